The van der Waals surface area contributed by atoms with Gasteiger partial charge in [-0.1, -0.05) is 54.2 Å². The monoisotopic (exact) mass is 394 g/mol. The molecule has 1 heterocycles. The Hall–Kier alpha value is -2.86. The maximum Gasteiger partial charge on any atom is 0.257 e. The average molecular weight is 394 g/mol. The van der Waals surface area contributed by atoms with Gasteiger partial charge in [0.1, 0.15) is 5.75 Å². The molecule has 0 amide bonds. The summed E-state index contributed by atoms with van der Waals surface area (Å²) in [6.07, 6.45) is 0.542. The lowest BCUT2D eigenvalue weighted by molar-refractivity contribution is 0.102. The summed E-state index contributed by atoms with van der Waals surface area (Å²) in [6.45, 7) is 1.84. The number of ether oxygens (including phenoxy) is 1. The van der Waals surface area contributed by atoms with Crippen molar-refractivity contribution in [2.24, 2.45) is 7.05 Å². The minimum atomic E-state index is -0.0762. The second-order valence-electron chi connectivity index (χ2n) is 6.43. The summed E-state index contributed by atoms with van der Waals surface area (Å²) in [4.78, 5) is 29.9. The van der Waals surface area contributed by atoms with Crippen LogP contribution in [0.2, 0.25) is 0 Å². The van der Waals surface area contributed by atoms with Crippen LogP contribution in [0, 0.1) is 6.92 Å². The summed E-state index contributed by atoms with van der Waals surface area (Å²) in [6, 6.07) is 16.9. The molecule has 0 saturated carbocycles. The Morgan fingerprint density at radius 1 is 1.14 bits per heavy atom. The van der Waals surface area contributed by atoms with E-state index in [1.807, 2.05) is 37.3 Å². The number of benzene rings is 2. The van der Waals surface area contributed by atoms with Crippen molar-refractivity contribution in [1.82, 2.24) is 9.55 Å². The van der Waals surface area contributed by atoms with Crippen LogP contribution < -0.4 is 10.3 Å². The highest BCUT2D eigenvalue weighted by atomic mass is 32.2. The normalized spacial score (nSPS) is 10.7. The lowest BCUT2D eigenvalue weighted by atomic mass is 10.1. The molecule has 28 heavy (non-hydrogen) atoms. The first kappa shape index (κ1) is 19.9. The second kappa shape index (κ2) is 8.89. The lowest BCUT2D eigenvalue weighted by Crippen LogP contribution is -2.26. The van der Waals surface area contributed by atoms with Gasteiger partial charge in [-0.3, -0.25) is 14.2 Å². The van der Waals surface area contributed by atoms with Crippen molar-refractivity contribution in [2.45, 2.75) is 18.5 Å². The number of methoxy groups -OCH3 is 1. The summed E-state index contributed by atoms with van der Waals surface area (Å²) in [5.41, 5.74) is 2.94. The van der Waals surface area contributed by atoms with Crippen molar-refractivity contribution in [3.8, 4) is 5.75 Å². The quantitative estimate of drug-likeness (QED) is 0.348. The van der Waals surface area contributed by atoms with Crippen LogP contribution in [-0.4, -0.2) is 28.2 Å². The molecule has 0 bridgehead atoms. The molecular formula is C22H22N2O3S. The topological polar surface area (TPSA) is 61.2 Å². The largest absolute Gasteiger partial charge is 0.497 e. The Morgan fingerprint density at radius 2 is 1.89 bits per heavy atom. The fourth-order valence-corrected chi connectivity index (χ4v) is 3.78. The number of rotatable bonds is 7. The fraction of sp³-hybridized carbons (Fsp3) is 0.227. The van der Waals surface area contributed by atoms with Crippen LogP contribution in [-0.2, 0) is 13.5 Å². The molecule has 2 aromatic carbocycles. The third kappa shape index (κ3) is 4.51. The van der Waals surface area contributed by atoms with E-state index in [0.717, 1.165) is 5.56 Å². The fourth-order valence-electron chi connectivity index (χ4n) is 2.87. The van der Waals surface area contributed by atoms with Crippen molar-refractivity contribution in [3.05, 3.63) is 87.3 Å². The maximum atomic E-state index is 12.8. The molecule has 3 aromatic rings. The van der Waals surface area contributed by atoms with Gasteiger partial charge in [-0.25, -0.2) is 4.98 Å². The molecule has 144 valence electrons. The van der Waals surface area contributed by atoms with Gasteiger partial charge in [0.05, 0.1) is 12.9 Å². The average Bonchev–Trinajstić information content (AvgIpc) is 2.73. The van der Waals surface area contributed by atoms with Gasteiger partial charge < -0.3 is 4.74 Å². The Labute approximate surface area is 168 Å². The maximum absolute atomic E-state index is 12.8. The molecule has 0 aliphatic heterocycles. The first-order valence-corrected chi connectivity index (χ1v) is 9.88. The van der Waals surface area contributed by atoms with E-state index in [1.165, 1.54) is 16.3 Å². The van der Waals surface area contributed by atoms with Gasteiger partial charge in [0.2, 0.25) is 0 Å². The number of Topliss-reactive ketones (excluding diaryl/α,β-unsaturated/α-hetero) is 1. The number of aryl methyl sites for hydroxylation is 1. The summed E-state index contributed by atoms with van der Waals surface area (Å²) < 4.78 is 6.69. The smallest absolute Gasteiger partial charge is 0.257 e. The first-order valence-electron chi connectivity index (χ1n) is 8.90. The minimum Gasteiger partial charge on any atom is -0.497 e. The minimum absolute atomic E-state index is 0.0378. The number of carbonyl (C=O) groups excluding carboxylic acids is 1. The molecule has 0 unspecified atom stereocenters. The summed E-state index contributed by atoms with van der Waals surface area (Å²) in [7, 11) is 3.26. The van der Waals surface area contributed by atoms with Crippen molar-refractivity contribution in [1.29, 1.82) is 0 Å². The van der Waals surface area contributed by atoms with Crippen LogP contribution in [0.1, 0.15) is 27.2 Å². The number of nitrogens with zero attached hydrogens (tertiary/aromatic N) is 2. The molecule has 5 nitrogen and oxygen atoms in total. The van der Waals surface area contributed by atoms with Crippen molar-refractivity contribution in [2.75, 3.05) is 12.9 Å². The van der Waals surface area contributed by atoms with Crippen molar-refractivity contribution in [3.63, 3.8) is 0 Å². The zero-order chi connectivity index (χ0) is 20.1. The van der Waals surface area contributed by atoms with E-state index >= 15 is 0 Å². The van der Waals surface area contributed by atoms with Gasteiger partial charge in [-0.2, -0.15) is 0 Å². The molecule has 6 heteroatoms. The standard InChI is InChI=1S/C22H22N2O3S/c1-15-19(12-16-8-5-4-6-9-16)21(26)24(2)22(23-15)28-14-20(25)17-10-7-11-18(13-17)27-3/h4-11,13H,12,14H2,1-3H3. The van der Waals surface area contributed by atoms with Crippen LogP contribution in [0.3, 0.4) is 0 Å². The van der Waals surface area contributed by atoms with Gasteiger partial charge in [0, 0.05) is 30.3 Å². The molecule has 0 atom stereocenters. The van der Waals surface area contributed by atoms with Gasteiger partial charge >= 0.3 is 0 Å². The van der Waals surface area contributed by atoms with Crippen molar-refractivity contribution < 1.29 is 9.53 Å². The van der Waals surface area contributed by atoms with E-state index in [-0.39, 0.29) is 17.1 Å². The van der Waals surface area contributed by atoms with E-state index < -0.39 is 0 Å². The molecule has 3 rings (SSSR count). The molecule has 1 aromatic heterocycles. The predicted octanol–water partition coefficient (Wildman–Crippen LogP) is 3.66. The molecule has 0 saturated heterocycles. The number of hydrogen-bond acceptors (Lipinski definition) is 5. The van der Waals surface area contributed by atoms with Crippen molar-refractivity contribution >= 4 is 17.5 Å². The Morgan fingerprint density at radius 3 is 2.61 bits per heavy atom. The van der Waals surface area contributed by atoms with E-state index in [4.69, 9.17) is 4.74 Å². The van der Waals surface area contributed by atoms with Gasteiger partial charge in [0.25, 0.3) is 5.56 Å². The molecule has 0 radical (unpaired) electrons. The Kier molecular flexibility index (Phi) is 6.31. The third-order valence-corrected chi connectivity index (χ3v) is 5.53. The Balaban J connectivity index is 1.77. The van der Waals surface area contributed by atoms with Crippen LogP contribution in [0.15, 0.2) is 64.5 Å². The number of aromatic nitrogens is 2. The third-order valence-electron chi connectivity index (χ3n) is 4.50. The lowest BCUT2D eigenvalue weighted by Gasteiger charge is -2.12. The predicted molar refractivity (Wildman–Crippen MR) is 112 cm³/mol. The number of hydrogen-bond donors (Lipinski definition) is 0. The number of carbonyl (C=O) groups is 1. The highest BCUT2D eigenvalue weighted by Gasteiger charge is 2.15. The van der Waals surface area contributed by atoms with Gasteiger partial charge in [0.15, 0.2) is 10.9 Å². The summed E-state index contributed by atoms with van der Waals surface area (Å²) in [5, 5.41) is 0.538. The van der Waals surface area contributed by atoms with Crippen LogP contribution in [0.25, 0.3) is 0 Å². The number of ketones is 1. The summed E-state index contributed by atoms with van der Waals surface area (Å²) >= 11 is 1.27. The van der Waals surface area contributed by atoms with E-state index in [9.17, 15) is 9.59 Å². The molecule has 0 N–H and O–H groups in total. The van der Waals surface area contributed by atoms with E-state index in [1.54, 1.807) is 38.4 Å². The van der Waals surface area contributed by atoms with Crippen LogP contribution >= 0.6 is 11.8 Å². The highest BCUT2D eigenvalue weighted by Crippen LogP contribution is 2.20. The Bertz CT molecular complexity index is 1050. The van der Waals surface area contributed by atoms with Gasteiger partial charge in [-0.15, -0.1) is 0 Å². The molecular weight excluding hydrogens is 372 g/mol. The van der Waals surface area contributed by atoms with E-state index in [0.29, 0.717) is 34.1 Å². The molecule has 0 aliphatic rings. The van der Waals surface area contributed by atoms with Crippen LogP contribution in [0.4, 0.5) is 0 Å². The zero-order valence-corrected chi connectivity index (χ0v) is 17.0. The highest BCUT2D eigenvalue weighted by molar-refractivity contribution is 7.99. The first-order chi connectivity index (χ1) is 13.5. The second-order valence-corrected chi connectivity index (χ2v) is 7.37. The molecule has 0 aliphatic carbocycles. The molecule has 0 spiro atoms. The van der Waals surface area contributed by atoms with Crippen LogP contribution in [0.5, 0.6) is 5.75 Å². The number of thioether (sulfide) groups is 1. The van der Waals surface area contributed by atoms with Gasteiger partial charge in [-0.05, 0) is 24.6 Å². The zero-order valence-electron chi connectivity index (χ0n) is 16.1. The van der Waals surface area contributed by atoms with E-state index in [2.05, 4.69) is 4.98 Å². The molecule has 0 fully saturated rings. The summed E-state index contributed by atoms with van der Waals surface area (Å²) in [5.74, 6) is 0.803. The SMILES string of the molecule is COc1cccc(C(=O)CSc2nc(C)c(Cc3ccccc3)c(=O)n2C)c1.